The summed E-state index contributed by atoms with van der Waals surface area (Å²) in [4.78, 5) is 22.3. The van der Waals surface area contributed by atoms with Crippen LogP contribution in [0, 0.1) is 5.92 Å². The molecular formula is C19H18ClN5O3. The lowest BCUT2D eigenvalue weighted by molar-refractivity contribution is 0.239. The van der Waals surface area contributed by atoms with Gasteiger partial charge < -0.3 is 9.63 Å². The van der Waals surface area contributed by atoms with Crippen molar-refractivity contribution >= 4 is 28.2 Å². The van der Waals surface area contributed by atoms with Gasteiger partial charge in [-0.25, -0.2) is 4.98 Å². The SMILES string of the molecule is CC1CC1c1nc(-c2ncn3c2c(=O)n(C(C)CO)c2c(Cl)cccc23)no1. The summed E-state index contributed by atoms with van der Waals surface area (Å²) in [6.07, 6.45) is 2.59. The third-order valence-corrected chi connectivity index (χ3v) is 5.75. The second-order valence-corrected chi connectivity index (χ2v) is 7.81. The average molecular weight is 400 g/mol. The van der Waals surface area contributed by atoms with Crippen LogP contribution in [-0.2, 0) is 0 Å². The minimum absolute atomic E-state index is 0.203. The number of imidazole rings is 1. The van der Waals surface area contributed by atoms with Crippen LogP contribution in [0.15, 0.2) is 33.8 Å². The van der Waals surface area contributed by atoms with Gasteiger partial charge in [-0.1, -0.05) is 29.7 Å². The van der Waals surface area contributed by atoms with Gasteiger partial charge in [0.2, 0.25) is 11.7 Å². The summed E-state index contributed by atoms with van der Waals surface area (Å²) in [6, 6.07) is 4.92. The number of hydrogen-bond donors (Lipinski definition) is 1. The van der Waals surface area contributed by atoms with Gasteiger partial charge in [-0.3, -0.25) is 13.8 Å². The Labute approximate surface area is 164 Å². The smallest absolute Gasteiger partial charge is 0.278 e. The quantitative estimate of drug-likeness (QED) is 0.566. The standard InChI is InChI=1S/C19H18ClN5O3/c1-9-6-11(9)18-22-17(23-28-18)14-16-19(27)25(10(2)7-26)15-12(20)4-3-5-13(15)24(16)8-21-14/h3-5,8-11,26H,6-7H2,1-2H3. The molecule has 1 fully saturated rings. The molecule has 1 saturated carbocycles. The van der Waals surface area contributed by atoms with Crippen LogP contribution in [0.1, 0.15) is 38.1 Å². The van der Waals surface area contributed by atoms with Crippen molar-refractivity contribution < 1.29 is 9.63 Å². The fourth-order valence-corrected chi connectivity index (χ4v) is 3.96. The Morgan fingerprint density at radius 1 is 1.39 bits per heavy atom. The van der Waals surface area contributed by atoms with Crippen LogP contribution in [0.25, 0.3) is 28.1 Å². The minimum Gasteiger partial charge on any atom is -0.394 e. The lowest BCUT2D eigenvalue weighted by Gasteiger charge is -2.18. The molecule has 1 aliphatic carbocycles. The molecule has 0 spiro atoms. The predicted octanol–water partition coefficient (Wildman–Crippen LogP) is 3.03. The van der Waals surface area contributed by atoms with Gasteiger partial charge in [0.1, 0.15) is 17.5 Å². The highest BCUT2D eigenvalue weighted by molar-refractivity contribution is 6.35. The van der Waals surface area contributed by atoms with Gasteiger partial charge in [-0.2, -0.15) is 4.98 Å². The van der Waals surface area contributed by atoms with E-state index in [0.717, 1.165) is 6.42 Å². The lowest BCUT2D eigenvalue weighted by Crippen LogP contribution is -2.27. The molecule has 3 heterocycles. The van der Waals surface area contributed by atoms with Gasteiger partial charge in [0.15, 0.2) is 0 Å². The van der Waals surface area contributed by atoms with E-state index in [1.54, 1.807) is 23.7 Å². The van der Waals surface area contributed by atoms with Crippen LogP contribution in [-0.4, -0.2) is 35.8 Å². The summed E-state index contributed by atoms with van der Waals surface area (Å²) in [5.41, 5.74) is 1.62. The summed E-state index contributed by atoms with van der Waals surface area (Å²) in [7, 11) is 0. The van der Waals surface area contributed by atoms with Crippen molar-refractivity contribution in [3.8, 4) is 11.5 Å². The molecule has 1 aromatic carbocycles. The largest absolute Gasteiger partial charge is 0.394 e. The van der Waals surface area contributed by atoms with E-state index in [1.165, 1.54) is 4.57 Å². The molecule has 0 amide bonds. The van der Waals surface area contributed by atoms with Crippen LogP contribution < -0.4 is 5.56 Å². The number of hydrogen-bond acceptors (Lipinski definition) is 6. The third-order valence-electron chi connectivity index (χ3n) is 5.44. The second kappa shape index (κ2) is 6.15. The monoisotopic (exact) mass is 399 g/mol. The Hall–Kier alpha value is -2.71. The number of nitrogens with zero attached hydrogens (tertiary/aromatic N) is 5. The summed E-state index contributed by atoms with van der Waals surface area (Å²) < 4.78 is 8.59. The number of benzene rings is 1. The Kier molecular flexibility index (Phi) is 3.82. The van der Waals surface area contributed by atoms with E-state index in [4.69, 9.17) is 16.1 Å². The molecule has 0 radical (unpaired) electrons. The molecule has 144 valence electrons. The fraction of sp³-hybridized carbons (Fsp3) is 0.368. The molecule has 9 heteroatoms. The highest BCUT2D eigenvalue weighted by Crippen LogP contribution is 2.46. The zero-order valence-corrected chi connectivity index (χ0v) is 16.1. The first-order valence-electron chi connectivity index (χ1n) is 9.15. The zero-order valence-electron chi connectivity index (χ0n) is 15.3. The first-order chi connectivity index (χ1) is 13.5. The van der Waals surface area contributed by atoms with E-state index < -0.39 is 6.04 Å². The molecule has 0 bridgehead atoms. The fourth-order valence-electron chi connectivity index (χ4n) is 3.70. The van der Waals surface area contributed by atoms with Gasteiger partial charge in [0, 0.05) is 5.92 Å². The molecule has 1 aliphatic rings. The molecule has 5 rings (SSSR count). The molecule has 1 N–H and O–H groups in total. The highest BCUT2D eigenvalue weighted by Gasteiger charge is 2.39. The Morgan fingerprint density at radius 3 is 2.89 bits per heavy atom. The van der Waals surface area contributed by atoms with Crippen LogP contribution in [0.2, 0.25) is 5.02 Å². The summed E-state index contributed by atoms with van der Waals surface area (Å²) in [5.74, 6) is 1.68. The van der Waals surface area contributed by atoms with Crippen molar-refractivity contribution in [1.82, 2.24) is 24.1 Å². The molecule has 8 nitrogen and oxygen atoms in total. The summed E-state index contributed by atoms with van der Waals surface area (Å²) in [6.45, 7) is 3.69. The molecule has 3 aromatic heterocycles. The Balaban J connectivity index is 1.82. The number of aromatic nitrogens is 5. The van der Waals surface area contributed by atoms with Crippen molar-refractivity contribution in [2.75, 3.05) is 6.61 Å². The van der Waals surface area contributed by atoms with E-state index in [1.807, 2.05) is 12.1 Å². The lowest BCUT2D eigenvalue weighted by atomic mass is 10.2. The van der Waals surface area contributed by atoms with Gasteiger partial charge in [0.25, 0.3) is 5.56 Å². The van der Waals surface area contributed by atoms with Gasteiger partial charge in [-0.05, 0) is 31.4 Å². The average Bonchev–Trinajstić information content (AvgIpc) is 3.10. The van der Waals surface area contributed by atoms with Crippen molar-refractivity contribution in [1.29, 1.82) is 0 Å². The Morgan fingerprint density at radius 2 is 2.18 bits per heavy atom. The normalized spacial score (nSPS) is 20.1. The summed E-state index contributed by atoms with van der Waals surface area (Å²) >= 11 is 6.40. The maximum atomic E-state index is 13.4. The number of halogens is 1. The molecule has 3 atom stereocenters. The first kappa shape index (κ1) is 17.4. The number of aliphatic hydroxyl groups excluding tert-OH is 1. The third kappa shape index (κ3) is 2.41. The van der Waals surface area contributed by atoms with Crippen molar-refractivity contribution in [2.24, 2.45) is 5.92 Å². The van der Waals surface area contributed by atoms with Crippen LogP contribution in [0.5, 0.6) is 0 Å². The molecule has 0 aliphatic heterocycles. The van der Waals surface area contributed by atoms with Gasteiger partial charge >= 0.3 is 0 Å². The van der Waals surface area contributed by atoms with Crippen LogP contribution >= 0.6 is 11.6 Å². The number of para-hydroxylation sites is 1. The van der Waals surface area contributed by atoms with E-state index in [9.17, 15) is 9.90 Å². The van der Waals surface area contributed by atoms with Crippen molar-refractivity contribution in [2.45, 2.75) is 32.2 Å². The number of aliphatic hydroxyl groups is 1. The molecular weight excluding hydrogens is 382 g/mol. The molecule has 4 aromatic rings. The minimum atomic E-state index is -0.462. The zero-order chi connectivity index (χ0) is 19.6. The van der Waals surface area contributed by atoms with Crippen LogP contribution in [0.3, 0.4) is 0 Å². The van der Waals surface area contributed by atoms with E-state index in [2.05, 4.69) is 22.0 Å². The first-order valence-corrected chi connectivity index (χ1v) is 9.53. The topological polar surface area (TPSA) is 98.5 Å². The van der Waals surface area contributed by atoms with Crippen molar-refractivity contribution in [3.05, 3.63) is 45.8 Å². The maximum absolute atomic E-state index is 13.4. The molecule has 28 heavy (non-hydrogen) atoms. The van der Waals surface area contributed by atoms with E-state index in [0.29, 0.717) is 44.9 Å². The van der Waals surface area contributed by atoms with E-state index in [-0.39, 0.29) is 18.1 Å². The van der Waals surface area contributed by atoms with E-state index >= 15 is 0 Å². The van der Waals surface area contributed by atoms with Gasteiger partial charge in [0.05, 0.1) is 28.7 Å². The van der Waals surface area contributed by atoms with Gasteiger partial charge in [-0.15, -0.1) is 0 Å². The molecule has 0 saturated heterocycles. The van der Waals surface area contributed by atoms with Crippen LogP contribution in [0.4, 0.5) is 0 Å². The van der Waals surface area contributed by atoms with Crippen molar-refractivity contribution in [3.63, 3.8) is 0 Å². The Bertz CT molecular complexity index is 1270. The maximum Gasteiger partial charge on any atom is 0.278 e. The second-order valence-electron chi connectivity index (χ2n) is 7.40. The number of rotatable bonds is 4. The predicted molar refractivity (Wildman–Crippen MR) is 104 cm³/mol. The summed E-state index contributed by atoms with van der Waals surface area (Å²) in [5, 5.41) is 14.2. The molecule has 3 unspecified atom stereocenters. The number of fused-ring (bicyclic) bond motifs is 3. The highest BCUT2D eigenvalue weighted by atomic mass is 35.5.